The summed E-state index contributed by atoms with van der Waals surface area (Å²) in [4.78, 5) is 5.00. The van der Waals surface area contributed by atoms with E-state index in [9.17, 15) is 0 Å². The van der Waals surface area contributed by atoms with Gasteiger partial charge in [0.2, 0.25) is 0 Å². The molecule has 51 heavy (non-hydrogen) atoms. The lowest BCUT2D eigenvalue weighted by atomic mass is 10.0. The number of benzene rings is 6. The lowest BCUT2D eigenvalue weighted by Gasteiger charge is -2.09. The van der Waals surface area contributed by atoms with Crippen LogP contribution in [0.5, 0.6) is 0 Å². The van der Waals surface area contributed by atoms with E-state index in [4.69, 9.17) is 15.2 Å². The zero-order valence-electron chi connectivity index (χ0n) is 27.5. The molecule has 0 radical (unpaired) electrons. The smallest absolute Gasteiger partial charge is 0.117 e. The van der Waals surface area contributed by atoms with E-state index >= 15 is 0 Å². The molecule has 0 N–H and O–H groups in total. The summed E-state index contributed by atoms with van der Waals surface area (Å²) < 4.78 is 4.69. The largest absolute Gasteiger partial charge is 0.309 e. The van der Waals surface area contributed by atoms with Crippen molar-refractivity contribution >= 4 is 63.6 Å². The maximum atomic E-state index is 5.00. The van der Waals surface area contributed by atoms with Gasteiger partial charge in [0.1, 0.15) is 9.52 Å². The van der Waals surface area contributed by atoms with Crippen LogP contribution in [0.1, 0.15) is 0 Å². The summed E-state index contributed by atoms with van der Waals surface area (Å²) in [5.74, 6) is 0. The summed E-state index contributed by atoms with van der Waals surface area (Å²) in [6.07, 6.45) is 2.08. The van der Waals surface area contributed by atoms with Gasteiger partial charge >= 0.3 is 0 Å². The average molecular weight is 668 g/mol. The van der Waals surface area contributed by atoms with Crippen LogP contribution in [0.3, 0.4) is 0 Å². The minimum absolute atomic E-state index is 0.770. The Kier molecular flexibility index (Phi) is 6.05. The Labute approximate surface area is 295 Å². The lowest BCUT2D eigenvalue weighted by molar-refractivity contribution is 1.07. The predicted molar refractivity (Wildman–Crippen MR) is 213 cm³/mol. The number of hydrogen-bond donors (Lipinski definition) is 0. The van der Waals surface area contributed by atoms with E-state index in [2.05, 4.69) is 173 Å². The normalized spacial score (nSPS) is 12.7. The van der Waals surface area contributed by atoms with Crippen LogP contribution < -0.4 is 10.5 Å². The van der Waals surface area contributed by atoms with Crippen LogP contribution in [0.15, 0.2) is 164 Å². The monoisotopic (exact) mass is 667 g/mol. The first-order chi connectivity index (χ1) is 25.3. The molecule has 238 valence electrons. The number of pyridine rings is 1. The molecule has 0 saturated carbocycles. The molecular formula is C45H29N5Si. The number of nitrogens with zero attached hydrogens (tertiary/aromatic N) is 5. The Morgan fingerprint density at radius 3 is 1.53 bits per heavy atom. The Morgan fingerprint density at radius 1 is 0.412 bits per heavy atom. The van der Waals surface area contributed by atoms with E-state index in [0.29, 0.717) is 0 Å². The van der Waals surface area contributed by atoms with Gasteiger partial charge in [-0.15, -0.1) is 0 Å². The molecule has 6 aromatic carbocycles. The SMILES string of the molecule is c1ccc(-n2c3ccccc3c3cc(-c4cc5c(cn4)[SiH2]c4nnc(-c6ccc7c(c6)c6ccccc6n7-c6ccccc6)cc4-5)ccc32)cc1. The molecule has 10 aromatic rings. The minimum atomic E-state index is -0.770. The number of hydrogen-bond acceptors (Lipinski definition) is 3. The van der Waals surface area contributed by atoms with Crippen molar-refractivity contribution in [2.45, 2.75) is 0 Å². The number of para-hydroxylation sites is 4. The molecule has 0 unspecified atom stereocenters. The molecule has 1 aliphatic heterocycles. The third kappa shape index (κ3) is 4.30. The standard InChI is InChI=1S/C45H29N5Si/c1-3-11-30(12-4-1)49-40-17-9-7-15-32(40)34-23-28(19-21-42(34)49)38-25-36-37-26-39(47-48-45(37)51-44(36)27-46-38)29-20-22-43-35(24-29)33-16-8-10-18-41(33)50(43)31-13-5-2-6-14-31/h1-27H,51H2. The average Bonchev–Trinajstić information content (AvgIpc) is 3.85. The summed E-state index contributed by atoms with van der Waals surface area (Å²) in [5, 5.41) is 17.0. The van der Waals surface area contributed by atoms with Crippen molar-refractivity contribution in [2.75, 3.05) is 0 Å². The van der Waals surface area contributed by atoms with Gasteiger partial charge in [0.05, 0.1) is 38.8 Å². The van der Waals surface area contributed by atoms with Gasteiger partial charge in [0, 0.05) is 55.8 Å². The first kappa shape index (κ1) is 28.2. The second-order valence-corrected chi connectivity index (χ2v) is 15.1. The van der Waals surface area contributed by atoms with E-state index in [0.717, 1.165) is 39.2 Å². The van der Waals surface area contributed by atoms with E-state index in [1.54, 1.807) is 0 Å². The first-order valence-corrected chi connectivity index (χ1v) is 18.7. The molecule has 6 heteroatoms. The Bertz CT molecular complexity index is 2790. The van der Waals surface area contributed by atoms with E-state index in [1.807, 2.05) is 0 Å². The minimum Gasteiger partial charge on any atom is -0.309 e. The molecule has 0 aliphatic carbocycles. The third-order valence-electron chi connectivity index (χ3n) is 10.5. The number of fused-ring (bicyclic) bond motifs is 9. The Hall–Kier alpha value is -6.63. The predicted octanol–water partition coefficient (Wildman–Crippen LogP) is 8.50. The van der Waals surface area contributed by atoms with Crippen LogP contribution in [0.2, 0.25) is 0 Å². The Morgan fingerprint density at radius 2 is 0.922 bits per heavy atom. The Balaban J connectivity index is 1.01. The van der Waals surface area contributed by atoms with E-state index in [-0.39, 0.29) is 0 Å². The van der Waals surface area contributed by atoms with Gasteiger partial charge in [-0.25, -0.2) is 0 Å². The highest BCUT2D eigenvalue weighted by atomic mass is 28.2. The molecule has 0 saturated heterocycles. The van der Waals surface area contributed by atoms with Gasteiger partial charge in [0.15, 0.2) is 0 Å². The fraction of sp³-hybridized carbons (Fsp3) is 0. The van der Waals surface area contributed by atoms with Gasteiger partial charge in [-0.2, -0.15) is 10.2 Å². The molecule has 1 aliphatic rings. The molecule has 0 bridgehead atoms. The molecular weight excluding hydrogens is 639 g/mol. The molecule has 4 aromatic heterocycles. The van der Waals surface area contributed by atoms with E-state index in [1.165, 1.54) is 59.9 Å². The van der Waals surface area contributed by atoms with Crippen LogP contribution in [0.4, 0.5) is 0 Å². The van der Waals surface area contributed by atoms with Crippen LogP contribution in [0, 0.1) is 0 Å². The molecule has 0 amide bonds. The quantitative estimate of drug-likeness (QED) is 0.177. The summed E-state index contributed by atoms with van der Waals surface area (Å²) >= 11 is 0. The summed E-state index contributed by atoms with van der Waals surface area (Å²) in [5.41, 5.74) is 13.6. The molecule has 11 rings (SSSR count). The summed E-state index contributed by atoms with van der Waals surface area (Å²) in [6.45, 7) is 0. The van der Waals surface area contributed by atoms with Gasteiger partial charge in [-0.1, -0.05) is 84.9 Å². The van der Waals surface area contributed by atoms with Gasteiger partial charge < -0.3 is 9.13 Å². The summed E-state index contributed by atoms with van der Waals surface area (Å²) in [6, 6.07) is 56.4. The van der Waals surface area contributed by atoms with Crippen molar-refractivity contribution in [3.8, 4) is 45.0 Å². The highest BCUT2D eigenvalue weighted by molar-refractivity contribution is 6.72. The maximum absolute atomic E-state index is 5.00. The number of rotatable bonds is 4. The topological polar surface area (TPSA) is 48.5 Å². The van der Waals surface area contributed by atoms with Crippen molar-refractivity contribution in [1.82, 2.24) is 24.3 Å². The zero-order chi connectivity index (χ0) is 33.5. The van der Waals surface area contributed by atoms with Crippen molar-refractivity contribution in [3.63, 3.8) is 0 Å². The molecule has 0 fully saturated rings. The fourth-order valence-corrected chi connectivity index (χ4v) is 9.76. The van der Waals surface area contributed by atoms with Crippen molar-refractivity contribution in [1.29, 1.82) is 0 Å². The molecule has 5 nitrogen and oxygen atoms in total. The van der Waals surface area contributed by atoms with Crippen molar-refractivity contribution in [2.24, 2.45) is 0 Å². The van der Waals surface area contributed by atoms with Crippen molar-refractivity contribution < 1.29 is 0 Å². The zero-order valence-corrected chi connectivity index (χ0v) is 28.9. The fourth-order valence-electron chi connectivity index (χ4n) is 8.11. The molecule has 0 spiro atoms. The van der Waals surface area contributed by atoms with E-state index < -0.39 is 9.52 Å². The van der Waals surface area contributed by atoms with Crippen LogP contribution in [-0.4, -0.2) is 33.8 Å². The lowest BCUT2D eigenvalue weighted by Crippen LogP contribution is -2.24. The van der Waals surface area contributed by atoms with Gasteiger partial charge in [0.25, 0.3) is 0 Å². The van der Waals surface area contributed by atoms with Gasteiger partial charge in [-0.3, -0.25) is 4.98 Å². The second kappa shape index (κ2) is 10.9. The highest BCUT2D eigenvalue weighted by Crippen LogP contribution is 2.37. The third-order valence-corrected chi connectivity index (χ3v) is 12.3. The second-order valence-electron chi connectivity index (χ2n) is 13.3. The van der Waals surface area contributed by atoms with Crippen LogP contribution in [-0.2, 0) is 0 Å². The van der Waals surface area contributed by atoms with Crippen LogP contribution in [0.25, 0.3) is 88.6 Å². The highest BCUT2D eigenvalue weighted by Gasteiger charge is 2.24. The number of aromatic nitrogens is 5. The molecule has 5 heterocycles. The van der Waals surface area contributed by atoms with Crippen molar-refractivity contribution in [3.05, 3.63) is 164 Å². The van der Waals surface area contributed by atoms with Gasteiger partial charge in [-0.05, 0) is 83.5 Å². The van der Waals surface area contributed by atoms with Crippen LogP contribution >= 0.6 is 0 Å². The maximum Gasteiger partial charge on any atom is 0.117 e. The summed E-state index contributed by atoms with van der Waals surface area (Å²) in [7, 11) is -0.770. The molecule has 0 atom stereocenters. The first-order valence-electron chi connectivity index (χ1n) is 17.3.